The van der Waals surface area contributed by atoms with Gasteiger partial charge in [0.05, 0.1) is 14.2 Å². The maximum absolute atomic E-state index is 12.8. The molecule has 1 N–H and O–H groups in total. The highest BCUT2D eigenvalue weighted by Crippen LogP contribution is 2.26. The van der Waals surface area contributed by atoms with Crippen molar-refractivity contribution < 1.29 is 19.1 Å². The van der Waals surface area contributed by atoms with E-state index in [4.69, 9.17) is 9.47 Å². The Kier molecular flexibility index (Phi) is 8.17. The molecule has 1 fully saturated rings. The Hall–Kier alpha value is -2.50. The summed E-state index contributed by atoms with van der Waals surface area (Å²) in [6.07, 6.45) is 9.77. The molecule has 1 aromatic carbocycles. The second-order valence-corrected chi connectivity index (χ2v) is 8.23. The second kappa shape index (κ2) is 11.0. The summed E-state index contributed by atoms with van der Waals surface area (Å²) < 4.78 is 10.6. The second-order valence-electron chi connectivity index (χ2n) is 8.23. The van der Waals surface area contributed by atoms with Crippen LogP contribution in [0.15, 0.2) is 29.8 Å². The molecular formula is C24H34N2O4. The topological polar surface area (TPSA) is 67.9 Å². The number of likely N-dealkylation sites (tertiary alicyclic amines) is 1. The van der Waals surface area contributed by atoms with Crippen molar-refractivity contribution in [3.63, 3.8) is 0 Å². The average Bonchev–Trinajstić information content (AvgIpc) is 2.81. The number of nitrogens with one attached hydrogen (secondary N) is 1. The van der Waals surface area contributed by atoms with Crippen molar-refractivity contribution >= 4 is 11.8 Å². The number of ether oxygens (including phenoxy) is 2. The van der Waals surface area contributed by atoms with E-state index in [1.165, 1.54) is 6.42 Å². The molecule has 6 heteroatoms. The fourth-order valence-electron chi connectivity index (χ4n) is 4.34. The Morgan fingerprint density at radius 3 is 2.77 bits per heavy atom. The zero-order chi connectivity index (χ0) is 21.3. The van der Waals surface area contributed by atoms with Crippen LogP contribution in [0, 0.1) is 5.92 Å². The van der Waals surface area contributed by atoms with Gasteiger partial charge in [-0.2, -0.15) is 0 Å². The molecule has 0 unspecified atom stereocenters. The summed E-state index contributed by atoms with van der Waals surface area (Å²) in [5.41, 5.74) is 1.91. The quantitative estimate of drug-likeness (QED) is 0.702. The van der Waals surface area contributed by atoms with E-state index in [0.717, 1.165) is 68.5 Å². The van der Waals surface area contributed by atoms with Crippen molar-refractivity contribution in [2.45, 2.75) is 57.9 Å². The van der Waals surface area contributed by atoms with Crippen LogP contribution < -0.4 is 14.8 Å². The van der Waals surface area contributed by atoms with Crippen molar-refractivity contribution in [2.75, 3.05) is 27.3 Å². The summed E-state index contributed by atoms with van der Waals surface area (Å²) >= 11 is 0. The molecule has 1 saturated heterocycles. The Bertz CT molecular complexity index is 774. The average molecular weight is 415 g/mol. The van der Waals surface area contributed by atoms with Crippen molar-refractivity contribution in [2.24, 2.45) is 5.92 Å². The third-order valence-corrected chi connectivity index (χ3v) is 6.12. The standard InChI is InChI=1S/C24H34N2O4/c1-29-21-12-11-20(22(15-21)30-2)16-25-23(27)13-10-18-7-6-14-26(17-18)24(28)19-8-4-3-5-9-19/h8,11-12,15,18H,3-7,9-10,13-14,16-17H2,1-2H3,(H,25,27)/t18-/m0/s1. The van der Waals surface area contributed by atoms with E-state index in [-0.39, 0.29) is 11.8 Å². The van der Waals surface area contributed by atoms with Crippen LogP contribution in [0.4, 0.5) is 0 Å². The first-order chi connectivity index (χ1) is 14.6. The number of carbonyl (C=O) groups excluding carboxylic acids is 2. The monoisotopic (exact) mass is 414 g/mol. The zero-order valence-corrected chi connectivity index (χ0v) is 18.2. The summed E-state index contributed by atoms with van der Waals surface area (Å²) in [4.78, 5) is 27.1. The Morgan fingerprint density at radius 1 is 1.17 bits per heavy atom. The fourth-order valence-corrected chi connectivity index (χ4v) is 4.34. The summed E-state index contributed by atoms with van der Waals surface area (Å²) in [6, 6.07) is 5.58. The smallest absolute Gasteiger partial charge is 0.249 e. The van der Waals surface area contributed by atoms with Gasteiger partial charge in [0.25, 0.3) is 0 Å². The molecule has 1 atom stereocenters. The highest BCUT2D eigenvalue weighted by Gasteiger charge is 2.26. The highest BCUT2D eigenvalue weighted by atomic mass is 16.5. The van der Waals surface area contributed by atoms with Crippen LogP contribution in [0.2, 0.25) is 0 Å². The zero-order valence-electron chi connectivity index (χ0n) is 18.2. The van der Waals surface area contributed by atoms with Crippen molar-refractivity contribution in [1.82, 2.24) is 10.2 Å². The molecule has 1 aliphatic carbocycles. The number of hydrogen-bond acceptors (Lipinski definition) is 4. The van der Waals surface area contributed by atoms with Crippen LogP contribution in [0.3, 0.4) is 0 Å². The molecule has 0 radical (unpaired) electrons. The maximum atomic E-state index is 12.8. The minimum Gasteiger partial charge on any atom is -0.497 e. The van der Waals surface area contributed by atoms with E-state index >= 15 is 0 Å². The van der Waals surface area contributed by atoms with Gasteiger partial charge in [-0.25, -0.2) is 0 Å². The van der Waals surface area contributed by atoms with Crippen LogP contribution in [0.25, 0.3) is 0 Å². The van der Waals surface area contributed by atoms with Gasteiger partial charge < -0.3 is 19.7 Å². The lowest BCUT2D eigenvalue weighted by Gasteiger charge is -2.34. The summed E-state index contributed by atoms with van der Waals surface area (Å²) in [7, 11) is 3.22. The van der Waals surface area contributed by atoms with Gasteiger partial charge in [0.2, 0.25) is 11.8 Å². The number of nitrogens with zero attached hydrogens (tertiary/aromatic N) is 1. The molecular weight excluding hydrogens is 380 g/mol. The van der Waals surface area contributed by atoms with Gasteiger partial charge in [-0.1, -0.05) is 6.08 Å². The number of piperidine rings is 1. The Balaban J connectivity index is 1.44. The number of hydrogen-bond donors (Lipinski definition) is 1. The molecule has 0 aromatic heterocycles. The number of methoxy groups -OCH3 is 2. The fraction of sp³-hybridized carbons (Fsp3) is 0.583. The number of amides is 2. The lowest BCUT2D eigenvalue weighted by Crippen LogP contribution is -2.41. The first-order valence-corrected chi connectivity index (χ1v) is 11.1. The molecule has 6 nitrogen and oxygen atoms in total. The van der Waals surface area contributed by atoms with Crippen molar-refractivity contribution in [1.29, 1.82) is 0 Å². The largest absolute Gasteiger partial charge is 0.497 e. The number of carbonyl (C=O) groups is 2. The minimum absolute atomic E-state index is 0.0336. The van der Waals surface area contributed by atoms with Gasteiger partial charge in [-0.15, -0.1) is 0 Å². The number of benzene rings is 1. The van der Waals surface area contributed by atoms with Crippen LogP contribution in [-0.2, 0) is 16.1 Å². The highest BCUT2D eigenvalue weighted by molar-refractivity contribution is 5.93. The van der Waals surface area contributed by atoms with Gasteiger partial charge in [-0.05, 0) is 63.0 Å². The summed E-state index contributed by atoms with van der Waals surface area (Å²) in [5, 5.41) is 2.99. The predicted molar refractivity (Wildman–Crippen MR) is 116 cm³/mol. The maximum Gasteiger partial charge on any atom is 0.249 e. The van der Waals surface area contributed by atoms with Crippen LogP contribution >= 0.6 is 0 Å². The number of allylic oxidation sites excluding steroid dienone is 1. The van der Waals surface area contributed by atoms with E-state index in [0.29, 0.717) is 24.6 Å². The first-order valence-electron chi connectivity index (χ1n) is 11.1. The van der Waals surface area contributed by atoms with Gasteiger partial charge in [-0.3, -0.25) is 9.59 Å². The molecule has 2 aliphatic rings. The Labute approximate surface area is 179 Å². The molecule has 1 heterocycles. The van der Waals surface area contributed by atoms with Crippen molar-refractivity contribution in [3.8, 4) is 11.5 Å². The third-order valence-electron chi connectivity index (χ3n) is 6.12. The van der Waals surface area contributed by atoms with E-state index in [1.807, 2.05) is 23.1 Å². The molecule has 1 aliphatic heterocycles. The lowest BCUT2D eigenvalue weighted by atomic mass is 9.91. The summed E-state index contributed by atoms with van der Waals surface area (Å²) in [6.45, 7) is 2.04. The van der Waals surface area contributed by atoms with Crippen LogP contribution in [0.5, 0.6) is 11.5 Å². The molecule has 164 valence electrons. The summed E-state index contributed by atoms with van der Waals surface area (Å²) in [5.74, 6) is 2.07. The lowest BCUT2D eigenvalue weighted by molar-refractivity contribution is -0.129. The van der Waals surface area contributed by atoms with E-state index in [9.17, 15) is 9.59 Å². The molecule has 0 spiro atoms. The molecule has 0 bridgehead atoms. The van der Waals surface area contributed by atoms with Crippen molar-refractivity contribution in [3.05, 3.63) is 35.4 Å². The van der Waals surface area contributed by atoms with E-state index < -0.39 is 0 Å². The molecule has 3 rings (SSSR count). The molecule has 1 aromatic rings. The van der Waals surface area contributed by atoms with Crippen LogP contribution in [0.1, 0.15) is 56.9 Å². The van der Waals surface area contributed by atoms with Gasteiger partial charge in [0.1, 0.15) is 11.5 Å². The van der Waals surface area contributed by atoms with Gasteiger partial charge >= 0.3 is 0 Å². The third kappa shape index (κ3) is 6.00. The molecule has 2 amide bonds. The molecule has 30 heavy (non-hydrogen) atoms. The predicted octanol–water partition coefficient (Wildman–Crippen LogP) is 3.84. The van der Waals surface area contributed by atoms with Gasteiger partial charge in [0.15, 0.2) is 0 Å². The SMILES string of the molecule is COc1ccc(CNC(=O)CC[C@@H]2CCCN(C(=O)C3=CCCCC3)C2)c(OC)c1. The van der Waals surface area contributed by atoms with Gasteiger partial charge in [0, 0.05) is 43.3 Å². The number of rotatable bonds is 8. The Morgan fingerprint density at radius 2 is 2.03 bits per heavy atom. The normalized spacial score (nSPS) is 19.1. The molecule has 0 saturated carbocycles. The van der Waals surface area contributed by atoms with E-state index in [2.05, 4.69) is 11.4 Å². The van der Waals surface area contributed by atoms with E-state index in [1.54, 1.807) is 14.2 Å². The minimum atomic E-state index is 0.0336. The first kappa shape index (κ1) is 22.2. The van der Waals surface area contributed by atoms with Crippen LogP contribution in [-0.4, -0.2) is 44.0 Å².